The van der Waals surface area contributed by atoms with Crippen LogP contribution in [0.25, 0.3) is 0 Å². The van der Waals surface area contributed by atoms with Gasteiger partial charge in [-0.05, 0) is 26.2 Å². The minimum Gasteiger partial charge on any atom is -0.495 e. The first-order valence-corrected chi connectivity index (χ1v) is 5.57. The van der Waals surface area contributed by atoms with Crippen LogP contribution in [0.4, 0.5) is 5.69 Å². The average Bonchev–Trinajstić information content (AvgIpc) is 2.31. The Morgan fingerprint density at radius 2 is 2.00 bits per heavy atom. The Hall–Kier alpha value is -1.25. The standard InChI is InChI=1S/C12H18N2O/c1-10-12(8-11(15-2)9-13-10)14-6-4-3-5-7-14/h8-9H,3-7H2,1-2H3. The number of nitrogens with zero attached hydrogens (tertiary/aromatic N) is 2. The number of rotatable bonds is 2. The van der Waals surface area contributed by atoms with Gasteiger partial charge in [0.25, 0.3) is 0 Å². The summed E-state index contributed by atoms with van der Waals surface area (Å²) in [5.41, 5.74) is 2.33. The Bertz CT molecular complexity index is 332. The van der Waals surface area contributed by atoms with Crippen molar-refractivity contribution < 1.29 is 4.74 Å². The third-order valence-corrected chi connectivity index (χ3v) is 2.97. The largest absolute Gasteiger partial charge is 0.495 e. The van der Waals surface area contributed by atoms with E-state index < -0.39 is 0 Å². The molecule has 2 rings (SSSR count). The summed E-state index contributed by atoms with van der Waals surface area (Å²) >= 11 is 0. The van der Waals surface area contributed by atoms with Gasteiger partial charge in [0.1, 0.15) is 5.75 Å². The maximum Gasteiger partial charge on any atom is 0.139 e. The van der Waals surface area contributed by atoms with Crippen molar-refractivity contribution in [3.05, 3.63) is 18.0 Å². The number of aryl methyl sites for hydroxylation is 1. The zero-order chi connectivity index (χ0) is 10.7. The first-order valence-electron chi connectivity index (χ1n) is 5.57. The molecule has 0 aromatic carbocycles. The molecule has 2 heterocycles. The van der Waals surface area contributed by atoms with Crippen LogP contribution in [0.2, 0.25) is 0 Å². The average molecular weight is 206 g/mol. The normalized spacial score (nSPS) is 16.5. The van der Waals surface area contributed by atoms with Gasteiger partial charge in [-0.15, -0.1) is 0 Å². The van der Waals surface area contributed by atoms with Gasteiger partial charge in [-0.1, -0.05) is 0 Å². The van der Waals surface area contributed by atoms with Crippen LogP contribution in [0.3, 0.4) is 0 Å². The number of piperidine rings is 1. The van der Waals surface area contributed by atoms with Gasteiger partial charge in [-0.3, -0.25) is 4.98 Å². The van der Waals surface area contributed by atoms with E-state index in [1.54, 1.807) is 13.3 Å². The molecule has 1 aliphatic rings. The molecule has 1 aliphatic heterocycles. The number of hydrogen-bond donors (Lipinski definition) is 0. The van der Waals surface area contributed by atoms with Crippen molar-refractivity contribution in [1.29, 1.82) is 0 Å². The van der Waals surface area contributed by atoms with Crippen molar-refractivity contribution >= 4 is 5.69 Å². The molecule has 0 atom stereocenters. The second kappa shape index (κ2) is 4.51. The zero-order valence-corrected chi connectivity index (χ0v) is 9.49. The van der Waals surface area contributed by atoms with Crippen LogP contribution >= 0.6 is 0 Å². The predicted octanol–water partition coefficient (Wildman–Crippen LogP) is 2.39. The van der Waals surface area contributed by atoms with Gasteiger partial charge >= 0.3 is 0 Å². The van der Waals surface area contributed by atoms with E-state index in [0.29, 0.717) is 0 Å². The van der Waals surface area contributed by atoms with Crippen molar-refractivity contribution in [3.8, 4) is 5.75 Å². The molecule has 0 bridgehead atoms. The minimum atomic E-state index is 0.848. The lowest BCUT2D eigenvalue weighted by Gasteiger charge is -2.29. The molecule has 0 unspecified atom stereocenters. The molecule has 0 saturated carbocycles. The second-order valence-corrected chi connectivity index (χ2v) is 4.03. The highest BCUT2D eigenvalue weighted by atomic mass is 16.5. The highest BCUT2D eigenvalue weighted by molar-refractivity contribution is 5.53. The molecule has 1 fully saturated rings. The summed E-state index contributed by atoms with van der Waals surface area (Å²) < 4.78 is 5.21. The van der Waals surface area contributed by atoms with Crippen molar-refractivity contribution in [1.82, 2.24) is 4.98 Å². The third-order valence-electron chi connectivity index (χ3n) is 2.97. The molecular formula is C12H18N2O. The highest BCUT2D eigenvalue weighted by Gasteiger charge is 2.14. The van der Waals surface area contributed by atoms with Gasteiger partial charge in [-0.2, -0.15) is 0 Å². The summed E-state index contributed by atoms with van der Waals surface area (Å²) in [5.74, 6) is 0.848. The first-order chi connectivity index (χ1) is 7.31. The van der Waals surface area contributed by atoms with Gasteiger partial charge in [-0.25, -0.2) is 0 Å². The van der Waals surface area contributed by atoms with E-state index in [1.807, 2.05) is 0 Å². The number of pyridine rings is 1. The van der Waals surface area contributed by atoms with Crippen LogP contribution in [0, 0.1) is 6.92 Å². The Labute approximate surface area is 91.1 Å². The zero-order valence-electron chi connectivity index (χ0n) is 9.49. The molecule has 0 spiro atoms. The van der Waals surface area contributed by atoms with Crippen molar-refractivity contribution in [2.75, 3.05) is 25.1 Å². The summed E-state index contributed by atoms with van der Waals surface area (Å²) in [6.45, 7) is 4.36. The summed E-state index contributed by atoms with van der Waals surface area (Å²) in [5, 5.41) is 0. The number of methoxy groups -OCH3 is 1. The fourth-order valence-electron chi connectivity index (χ4n) is 2.07. The monoisotopic (exact) mass is 206 g/mol. The molecule has 3 nitrogen and oxygen atoms in total. The number of aromatic nitrogens is 1. The van der Waals surface area contributed by atoms with Crippen LogP contribution < -0.4 is 9.64 Å². The van der Waals surface area contributed by atoms with E-state index in [9.17, 15) is 0 Å². The minimum absolute atomic E-state index is 0.848. The van der Waals surface area contributed by atoms with Gasteiger partial charge in [0.05, 0.1) is 24.7 Å². The third kappa shape index (κ3) is 2.22. The second-order valence-electron chi connectivity index (χ2n) is 4.03. The predicted molar refractivity (Wildman–Crippen MR) is 61.6 cm³/mol. The molecule has 1 aromatic rings. The van der Waals surface area contributed by atoms with Gasteiger partial charge in [0.2, 0.25) is 0 Å². The van der Waals surface area contributed by atoms with Crippen molar-refractivity contribution in [2.45, 2.75) is 26.2 Å². The van der Waals surface area contributed by atoms with E-state index in [2.05, 4.69) is 22.9 Å². The Balaban J connectivity index is 2.24. The van der Waals surface area contributed by atoms with E-state index >= 15 is 0 Å². The van der Waals surface area contributed by atoms with Crippen LogP contribution in [0.1, 0.15) is 25.0 Å². The molecule has 15 heavy (non-hydrogen) atoms. The lowest BCUT2D eigenvalue weighted by atomic mass is 10.1. The SMILES string of the molecule is COc1cnc(C)c(N2CCCCC2)c1. The number of hydrogen-bond acceptors (Lipinski definition) is 3. The maximum absolute atomic E-state index is 5.21. The maximum atomic E-state index is 5.21. The summed E-state index contributed by atoms with van der Waals surface area (Å²) in [6, 6.07) is 2.09. The molecule has 0 aliphatic carbocycles. The van der Waals surface area contributed by atoms with Crippen LogP contribution in [-0.4, -0.2) is 25.2 Å². The fourth-order valence-corrected chi connectivity index (χ4v) is 2.07. The quantitative estimate of drug-likeness (QED) is 0.743. The molecule has 3 heteroatoms. The number of ether oxygens (including phenoxy) is 1. The summed E-state index contributed by atoms with van der Waals surface area (Å²) in [6.07, 6.45) is 5.71. The van der Waals surface area contributed by atoms with Crippen molar-refractivity contribution in [3.63, 3.8) is 0 Å². The summed E-state index contributed by atoms with van der Waals surface area (Å²) in [4.78, 5) is 6.77. The lowest BCUT2D eigenvalue weighted by molar-refractivity contribution is 0.412. The van der Waals surface area contributed by atoms with E-state index in [-0.39, 0.29) is 0 Å². The van der Waals surface area contributed by atoms with E-state index in [0.717, 1.165) is 24.5 Å². The molecular weight excluding hydrogens is 188 g/mol. The highest BCUT2D eigenvalue weighted by Crippen LogP contribution is 2.25. The first kappa shape index (κ1) is 10.3. The van der Waals surface area contributed by atoms with Crippen LogP contribution in [0.15, 0.2) is 12.3 Å². The van der Waals surface area contributed by atoms with Crippen LogP contribution in [0.5, 0.6) is 5.75 Å². The van der Waals surface area contributed by atoms with Gasteiger partial charge in [0, 0.05) is 19.2 Å². The molecule has 0 N–H and O–H groups in total. The Morgan fingerprint density at radius 3 is 2.67 bits per heavy atom. The van der Waals surface area contributed by atoms with Crippen molar-refractivity contribution in [2.24, 2.45) is 0 Å². The topological polar surface area (TPSA) is 25.4 Å². The van der Waals surface area contributed by atoms with Gasteiger partial charge in [0.15, 0.2) is 0 Å². The number of anilines is 1. The van der Waals surface area contributed by atoms with E-state index in [1.165, 1.54) is 24.9 Å². The Kier molecular flexibility index (Phi) is 3.09. The lowest BCUT2D eigenvalue weighted by Crippen LogP contribution is -2.30. The van der Waals surface area contributed by atoms with Crippen LogP contribution in [-0.2, 0) is 0 Å². The Morgan fingerprint density at radius 1 is 1.27 bits per heavy atom. The molecule has 82 valence electrons. The van der Waals surface area contributed by atoms with E-state index in [4.69, 9.17) is 4.74 Å². The summed E-state index contributed by atoms with van der Waals surface area (Å²) in [7, 11) is 1.69. The smallest absolute Gasteiger partial charge is 0.139 e. The molecule has 0 radical (unpaired) electrons. The molecule has 0 amide bonds. The molecule has 1 saturated heterocycles. The van der Waals surface area contributed by atoms with Gasteiger partial charge < -0.3 is 9.64 Å². The molecule has 1 aromatic heterocycles. The fraction of sp³-hybridized carbons (Fsp3) is 0.583.